The Bertz CT molecular complexity index is 381. The highest BCUT2D eigenvalue weighted by Gasteiger charge is 2.74. The Morgan fingerprint density at radius 3 is 0.792 bits per heavy atom. The third-order valence-electron chi connectivity index (χ3n) is 2.19. The molecule has 0 aromatic heterocycles. The van der Waals surface area contributed by atoms with Crippen molar-refractivity contribution in [2.45, 2.75) is 36.0 Å². The summed E-state index contributed by atoms with van der Waals surface area (Å²) in [6.45, 7) is -6.12. The lowest BCUT2D eigenvalue weighted by atomic mass is 10.2. The minimum absolute atomic E-state index is 2.81. The summed E-state index contributed by atoms with van der Waals surface area (Å²) in [5.41, 5.74) is 0. The van der Waals surface area contributed by atoms with Crippen LogP contribution in [-0.2, 0) is 9.78 Å². The molecule has 16 heteroatoms. The molecule has 0 spiro atoms. The molecule has 0 fully saturated rings. The van der Waals surface area contributed by atoms with Crippen molar-refractivity contribution in [1.82, 2.24) is 0 Å². The second-order valence-corrected chi connectivity index (χ2v) is 4.08. The first-order chi connectivity index (χ1) is 10.2. The highest BCUT2D eigenvalue weighted by atomic mass is 19.4. The van der Waals surface area contributed by atoms with E-state index in [4.69, 9.17) is 0 Å². The van der Waals surface area contributed by atoms with Gasteiger partial charge in [0.25, 0.3) is 0 Å². The number of hydrogen-bond donors (Lipinski definition) is 0. The summed E-state index contributed by atoms with van der Waals surface area (Å²) in [6.07, 6.45) is -13.6. The zero-order valence-corrected chi connectivity index (χ0v) is 10.5. The molecule has 0 amide bonds. The molecule has 0 aliphatic heterocycles. The fraction of sp³-hybridized carbons (Fsp3) is 1.00. The van der Waals surface area contributed by atoms with E-state index in [9.17, 15) is 61.5 Å². The lowest BCUT2D eigenvalue weighted by Gasteiger charge is -2.29. The SMILES string of the molecule is FC(F)(F)C(F)(F)C(F)(F)COOCC(F)(F)C(F)(F)C(F)(F)F. The average molecular weight is 398 g/mol. The van der Waals surface area contributed by atoms with Crippen LogP contribution < -0.4 is 0 Å². The van der Waals surface area contributed by atoms with E-state index in [-0.39, 0.29) is 0 Å². The van der Waals surface area contributed by atoms with Crippen molar-refractivity contribution in [3.63, 3.8) is 0 Å². The van der Waals surface area contributed by atoms with Crippen LogP contribution in [0.4, 0.5) is 61.5 Å². The molecular weight excluding hydrogens is 394 g/mol. The summed E-state index contributed by atoms with van der Waals surface area (Å²) in [5.74, 6) is -25.6. The Kier molecular flexibility index (Phi) is 6.06. The number of hydrogen-bond acceptors (Lipinski definition) is 2. The van der Waals surface area contributed by atoms with Crippen molar-refractivity contribution in [2.75, 3.05) is 13.2 Å². The third kappa shape index (κ3) is 4.31. The predicted octanol–water partition coefficient (Wildman–Crippen LogP) is 4.60. The second kappa shape index (κ2) is 6.34. The molecule has 0 unspecified atom stereocenters. The van der Waals surface area contributed by atoms with Gasteiger partial charge >= 0.3 is 36.0 Å². The Balaban J connectivity index is 4.81. The first-order valence-electron chi connectivity index (χ1n) is 5.10. The van der Waals surface area contributed by atoms with E-state index in [0.717, 1.165) is 0 Å². The van der Waals surface area contributed by atoms with Crippen molar-refractivity contribution >= 4 is 0 Å². The van der Waals surface area contributed by atoms with E-state index in [1.54, 1.807) is 0 Å². The van der Waals surface area contributed by atoms with Gasteiger partial charge in [0.05, 0.1) is 0 Å². The van der Waals surface area contributed by atoms with Crippen LogP contribution in [0.1, 0.15) is 0 Å². The van der Waals surface area contributed by atoms with Gasteiger partial charge in [-0.3, -0.25) is 0 Å². The van der Waals surface area contributed by atoms with Crippen LogP contribution in [0.15, 0.2) is 0 Å². The zero-order valence-electron chi connectivity index (χ0n) is 10.5. The molecule has 0 heterocycles. The fourth-order valence-electron chi connectivity index (χ4n) is 0.827. The van der Waals surface area contributed by atoms with E-state index >= 15 is 0 Å². The van der Waals surface area contributed by atoms with E-state index < -0.39 is 49.3 Å². The van der Waals surface area contributed by atoms with Crippen LogP contribution in [0.5, 0.6) is 0 Å². The molecule has 0 aliphatic rings. The maximum absolute atomic E-state index is 12.5. The minimum Gasteiger partial charge on any atom is -0.230 e. The lowest BCUT2D eigenvalue weighted by Crippen LogP contribution is -2.55. The van der Waals surface area contributed by atoms with Gasteiger partial charge in [-0.25, -0.2) is 9.78 Å². The van der Waals surface area contributed by atoms with Crippen molar-refractivity contribution in [2.24, 2.45) is 0 Å². The molecule has 2 nitrogen and oxygen atoms in total. The summed E-state index contributed by atoms with van der Waals surface area (Å²) < 4.78 is 169. The maximum atomic E-state index is 12.5. The maximum Gasteiger partial charge on any atom is 0.459 e. The molecule has 0 aliphatic carbocycles. The van der Waals surface area contributed by atoms with Crippen LogP contribution in [-0.4, -0.2) is 49.3 Å². The largest absolute Gasteiger partial charge is 0.459 e. The molecule has 0 bridgehead atoms. The zero-order chi connectivity index (χ0) is 19.8. The summed E-state index contributed by atoms with van der Waals surface area (Å²) in [4.78, 5) is 5.63. The fourth-order valence-corrected chi connectivity index (χ4v) is 0.827. The Morgan fingerprint density at radius 1 is 0.417 bits per heavy atom. The monoisotopic (exact) mass is 398 g/mol. The molecule has 0 radical (unpaired) electrons. The molecular formula is C8H4F14O2. The normalized spacial score (nSPS) is 15.8. The smallest absolute Gasteiger partial charge is 0.230 e. The first-order valence-corrected chi connectivity index (χ1v) is 5.10. The van der Waals surface area contributed by atoms with Gasteiger partial charge in [0.2, 0.25) is 0 Å². The van der Waals surface area contributed by atoms with Gasteiger partial charge in [0.1, 0.15) is 0 Å². The molecule has 0 saturated heterocycles. The standard InChI is InChI=1S/C8H4F14O2/c9-3(10,5(13,14)7(17,18)19)1-23-24-2-4(11,12)6(15,16)8(20,21)22/h1-2H2. The molecule has 146 valence electrons. The van der Waals surface area contributed by atoms with Crippen LogP contribution in [0.25, 0.3) is 0 Å². The highest BCUT2D eigenvalue weighted by Crippen LogP contribution is 2.48. The summed E-state index contributed by atoms with van der Waals surface area (Å²) in [7, 11) is 0. The molecule has 0 N–H and O–H groups in total. The van der Waals surface area contributed by atoms with Crippen LogP contribution in [0.3, 0.4) is 0 Å². The Labute approximate surface area is 122 Å². The lowest BCUT2D eigenvalue weighted by molar-refractivity contribution is -0.418. The average Bonchev–Trinajstić information content (AvgIpc) is 2.31. The Hall–Kier alpha value is -1.06. The van der Waals surface area contributed by atoms with Gasteiger partial charge in [0, 0.05) is 0 Å². The van der Waals surface area contributed by atoms with Crippen LogP contribution in [0.2, 0.25) is 0 Å². The number of alkyl halides is 14. The summed E-state index contributed by atoms with van der Waals surface area (Å²) in [5, 5.41) is 0. The van der Waals surface area contributed by atoms with Crippen molar-refractivity contribution in [3.8, 4) is 0 Å². The molecule has 0 rings (SSSR count). The van der Waals surface area contributed by atoms with Gasteiger partial charge in [-0.05, 0) is 0 Å². The van der Waals surface area contributed by atoms with Crippen LogP contribution >= 0.6 is 0 Å². The molecule has 0 atom stereocenters. The van der Waals surface area contributed by atoms with Crippen LogP contribution in [0, 0.1) is 0 Å². The van der Waals surface area contributed by atoms with E-state index in [1.165, 1.54) is 0 Å². The summed E-state index contributed by atoms with van der Waals surface area (Å²) in [6, 6.07) is 0. The topological polar surface area (TPSA) is 18.5 Å². The van der Waals surface area contributed by atoms with Gasteiger partial charge in [0.15, 0.2) is 13.2 Å². The second-order valence-electron chi connectivity index (χ2n) is 4.08. The van der Waals surface area contributed by atoms with Crippen molar-refractivity contribution < 1.29 is 71.2 Å². The van der Waals surface area contributed by atoms with E-state index in [2.05, 4.69) is 9.78 Å². The van der Waals surface area contributed by atoms with E-state index in [0.29, 0.717) is 0 Å². The highest BCUT2D eigenvalue weighted by molar-refractivity contribution is 4.91. The molecule has 0 aromatic rings. The van der Waals surface area contributed by atoms with Gasteiger partial charge in [-0.1, -0.05) is 0 Å². The molecule has 0 aromatic carbocycles. The van der Waals surface area contributed by atoms with Gasteiger partial charge < -0.3 is 0 Å². The van der Waals surface area contributed by atoms with Crippen molar-refractivity contribution in [1.29, 1.82) is 0 Å². The van der Waals surface area contributed by atoms with E-state index in [1.807, 2.05) is 0 Å². The van der Waals surface area contributed by atoms with Gasteiger partial charge in [-0.2, -0.15) is 61.5 Å². The number of halogens is 14. The predicted molar refractivity (Wildman–Crippen MR) is 43.8 cm³/mol. The third-order valence-corrected chi connectivity index (χ3v) is 2.19. The Morgan fingerprint density at radius 2 is 0.625 bits per heavy atom. The van der Waals surface area contributed by atoms with Gasteiger partial charge in [-0.15, -0.1) is 0 Å². The molecule has 24 heavy (non-hydrogen) atoms. The molecule has 0 saturated carbocycles. The minimum atomic E-state index is -6.80. The number of rotatable bonds is 7. The summed E-state index contributed by atoms with van der Waals surface area (Å²) >= 11 is 0. The quantitative estimate of drug-likeness (QED) is 0.270. The first kappa shape index (κ1) is 22.9. The van der Waals surface area contributed by atoms with Crippen molar-refractivity contribution in [3.05, 3.63) is 0 Å².